The Morgan fingerprint density at radius 1 is 1.35 bits per heavy atom. The molecule has 2 aromatic heterocycles. The van der Waals surface area contributed by atoms with Crippen molar-refractivity contribution in [2.24, 2.45) is 7.05 Å². The minimum atomic E-state index is -3.47. The number of hydrogen-bond donors (Lipinski definition) is 2. The van der Waals surface area contributed by atoms with Crippen molar-refractivity contribution in [1.82, 2.24) is 14.5 Å². The summed E-state index contributed by atoms with van der Waals surface area (Å²) < 4.78 is 28.7. The maximum Gasteiger partial charge on any atom is 0.250 e. The van der Waals surface area contributed by atoms with Crippen LogP contribution in [-0.2, 0) is 29.9 Å². The molecular weight excluding hydrogens is 298 g/mol. The van der Waals surface area contributed by atoms with Crippen LogP contribution in [0.4, 0.5) is 0 Å². The fourth-order valence-electron chi connectivity index (χ4n) is 1.78. The minimum Gasteiger partial charge on any atom is -0.396 e. The number of thiophene rings is 1. The van der Waals surface area contributed by atoms with Crippen molar-refractivity contribution in [3.63, 3.8) is 0 Å². The molecule has 110 valence electrons. The van der Waals surface area contributed by atoms with E-state index in [4.69, 9.17) is 5.11 Å². The van der Waals surface area contributed by atoms with Gasteiger partial charge in [0.1, 0.15) is 4.21 Å². The zero-order valence-electron chi connectivity index (χ0n) is 11.1. The first kappa shape index (κ1) is 15.2. The molecule has 0 bridgehead atoms. The number of nitrogens with one attached hydrogen (secondary N) is 1. The van der Waals surface area contributed by atoms with E-state index in [0.29, 0.717) is 19.4 Å². The summed E-state index contributed by atoms with van der Waals surface area (Å²) in [7, 11) is -1.64. The molecule has 0 radical (unpaired) electrons. The first-order chi connectivity index (χ1) is 9.53. The predicted molar refractivity (Wildman–Crippen MR) is 77.2 cm³/mol. The quantitative estimate of drug-likeness (QED) is 0.781. The molecule has 0 aromatic carbocycles. The van der Waals surface area contributed by atoms with Gasteiger partial charge in [0, 0.05) is 49.8 Å². The molecule has 0 saturated heterocycles. The predicted octanol–water partition coefficient (Wildman–Crippen LogP) is 0.537. The Morgan fingerprint density at radius 2 is 2.15 bits per heavy atom. The molecule has 0 aliphatic heterocycles. The molecule has 2 heterocycles. The number of hydrogen-bond acceptors (Lipinski definition) is 5. The average Bonchev–Trinajstić information content (AvgIpc) is 3.00. The van der Waals surface area contributed by atoms with E-state index < -0.39 is 10.0 Å². The number of sulfonamides is 1. The van der Waals surface area contributed by atoms with Gasteiger partial charge < -0.3 is 5.11 Å². The molecule has 0 spiro atoms. The van der Waals surface area contributed by atoms with E-state index in [1.54, 1.807) is 23.0 Å². The molecule has 0 atom stereocenters. The zero-order chi connectivity index (χ0) is 14.6. The number of aliphatic hydroxyl groups excluding tert-OH is 1. The molecule has 0 aliphatic carbocycles. The van der Waals surface area contributed by atoms with Crippen LogP contribution in [0.15, 0.2) is 28.6 Å². The Morgan fingerprint density at radius 3 is 2.80 bits per heavy atom. The van der Waals surface area contributed by atoms with Crippen molar-refractivity contribution in [3.05, 3.63) is 35.0 Å². The lowest BCUT2D eigenvalue weighted by Crippen LogP contribution is -2.25. The van der Waals surface area contributed by atoms with Gasteiger partial charge in [-0.25, -0.2) is 13.1 Å². The summed E-state index contributed by atoms with van der Waals surface area (Å²) in [6.07, 6.45) is 2.75. The third kappa shape index (κ3) is 3.66. The molecule has 20 heavy (non-hydrogen) atoms. The number of aromatic nitrogens is 2. The standard InChI is InChI=1S/C12H17N3O3S2/c1-15-10(4-7-13-15)5-8-14-20(17,18)12-3-2-11(19-12)6-9-16/h2-4,7,14,16H,5-6,8-9H2,1H3. The number of aryl methyl sites for hydroxylation is 1. The van der Waals surface area contributed by atoms with Gasteiger partial charge in [0.05, 0.1) is 0 Å². The van der Waals surface area contributed by atoms with Gasteiger partial charge in [-0.05, 0) is 18.2 Å². The van der Waals surface area contributed by atoms with Crippen LogP contribution in [0, 0.1) is 0 Å². The van der Waals surface area contributed by atoms with E-state index in [-0.39, 0.29) is 10.8 Å². The molecule has 0 amide bonds. The lowest BCUT2D eigenvalue weighted by atomic mass is 10.3. The molecule has 2 N–H and O–H groups in total. The van der Waals surface area contributed by atoms with Gasteiger partial charge in [0.2, 0.25) is 10.0 Å². The second-order valence-electron chi connectivity index (χ2n) is 4.29. The highest BCUT2D eigenvalue weighted by atomic mass is 32.2. The van der Waals surface area contributed by atoms with Crippen LogP contribution < -0.4 is 4.72 Å². The van der Waals surface area contributed by atoms with E-state index >= 15 is 0 Å². The smallest absolute Gasteiger partial charge is 0.250 e. The van der Waals surface area contributed by atoms with Crippen LogP contribution in [-0.4, -0.2) is 36.5 Å². The molecule has 6 nitrogen and oxygen atoms in total. The summed E-state index contributed by atoms with van der Waals surface area (Å²) in [5.41, 5.74) is 0.972. The largest absolute Gasteiger partial charge is 0.396 e. The van der Waals surface area contributed by atoms with Crippen molar-refractivity contribution in [1.29, 1.82) is 0 Å². The number of rotatable bonds is 7. The fraction of sp³-hybridized carbons (Fsp3) is 0.417. The van der Waals surface area contributed by atoms with Gasteiger partial charge in [0.15, 0.2) is 0 Å². The Labute approximate surface area is 122 Å². The van der Waals surface area contributed by atoms with Crippen LogP contribution in [0.5, 0.6) is 0 Å². The first-order valence-electron chi connectivity index (χ1n) is 6.19. The van der Waals surface area contributed by atoms with Crippen molar-refractivity contribution in [2.75, 3.05) is 13.2 Å². The summed E-state index contributed by atoms with van der Waals surface area (Å²) in [6, 6.07) is 5.16. The fourth-order valence-corrected chi connectivity index (χ4v) is 4.20. The summed E-state index contributed by atoms with van der Waals surface area (Å²) >= 11 is 1.19. The van der Waals surface area contributed by atoms with E-state index in [0.717, 1.165) is 10.6 Å². The Balaban J connectivity index is 1.95. The molecule has 0 unspecified atom stereocenters. The summed E-state index contributed by atoms with van der Waals surface area (Å²) in [6.45, 7) is 0.350. The summed E-state index contributed by atoms with van der Waals surface area (Å²) in [5.74, 6) is 0. The number of aliphatic hydroxyl groups is 1. The minimum absolute atomic E-state index is 0.0217. The third-order valence-corrected chi connectivity index (χ3v) is 5.95. The molecule has 0 aliphatic rings. The highest BCUT2D eigenvalue weighted by Gasteiger charge is 2.16. The lowest BCUT2D eigenvalue weighted by Gasteiger charge is -2.05. The van der Waals surface area contributed by atoms with Crippen LogP contribution in [0.2, 0.25) is 0 Å². The Bertz CT molecular complexity index is 661. The second-order valence-corrected chi connectivity index (χ2v) is 7.45. The normalized spacial score (nSPS) is 11.9. The highest BCUT2D eigenvalue weighted by molar-refractivity contribution is 7.91. The van der Waals surface area contributed by atoms with E-state index in [1.807, 2.05) is 13.1 Å². The van der Waals surface area contributed by atoms with Gasteiger partial charge in [-0.2, -0.15) is 5.10 Å². The van der Waals surface area contributed by atoms with Crippen molar-refractivity contribution in [3.8, 4) is 0 Å². The maximum atomic E-state index is 12.1. The molecule has 8 heteroatoms. The van der Waals surface area contributed by atoms with E-state index in [2.05, 4.69) is 9.82 Å². The SMILES string of the molecule is Cn1nccc1CCNS(=O)(=O)c1ccc(CCO)s1. The van der Waals surface area contributed by atoms with Crippen molar-refractivity contribution < 1.29 is 13.5 Å². The van der Waals surface area contributed by atoms with Crippen LogP contribution >= 0.6 is 11.3 Å². The zero-order valence-corrected chi connectivity index (χ0v) is 12.7. The molecule has 2 rings (SSSR count). The average molecular weight is 315 g/mol. The maximum absolute atomic E-state index is 12.1. The van der Waals surface area contributed by atoms with Gasteiger partial charge in [-0.3, -0.25) is 4.68 Å². The van der Waals surface area contributed by atoms with Gasteiger partial charge in [-0.15, -0.1) is 11.3 Å². The summed E-state index contributed by atoms with van der Waals surface area (Å²) in [4.78, 5) is 0.861. The lowest BCUT2D eigenvalue weighted by molar-refractivity contribution is 0.300. The highest BCUT2D eigenvalue weighted by Crippen LogP contribution is 2.21. The van der Waals surface area contributed by atoms with Crippen molar-refractivity contribution in [2.45, 2.75) is 17.1 Å². The molecular formula is C12H17N3O3S2. The Hall–Kier alpha value is -1.22. The number of nitrogens with zero attached hydrogens (tertiary/aromatic N) is 2. The molecule has 2 aromatic rings. The monoisotopic (exact) mass is 315 g/mol. The second kappa shape index (κ2) is 6.49. The van der Waals surface area contributed by atoms with Gasteiger partial charge in [0.25, 0.3) is 0 Å². The third-order valence-electron chi connectivity index (χ3n) is 2.86. The molecule has 0 fully saturated rings. The van der Waals surface area contributed by atoms with Crippen molar-refractivity contribution >= 4 is 21.4 Å². The van der Waals surface area contributed by atoms with Gasteiger partial charge in [-0.1, -0.05) is 0 Å². The van der Waals surface area contributed by atoms with Crippen LogP contribution in [0.25, 0.3) is 0 Å². The van der Waals surface area contributed by atoms with E-state index in [9.17, 15) is 8.42 Å². The summed E-state index contributed by atoms with van der Waals surface area (Å²) in [5, 5.41) is 12.9. The van der Waals surface area contributed by atoms with Crippen LogP contribution in [0.3, 0.4) is 0 Å². The first-order valence-corrected chi connectivity index (χ1v) is 8.49. The topological polar surface area (TPSA) is 84.2 Å². The van der Waals surface area contributed by atoms with Gasteiger partial charge >= 0.3 is 0 Å². The van der Waals surface area contributed by atoms with Crippen LogP contribution in [0.1, 0.15) is 10.6 Å². The Kier molecular flexibility index (Phi) is 4.92. The molecule has 0 saturated carbocycles. The van der Waals surface area contributed by atoms with E-state index in [1.165, 1.54) is 11.3 Å².